The van der Waals surface area contributed by atoms with E-state index in [-0.39, 0.29) is 12.2 Å². The van der Waals surface area contributed by atoms with Crippen LogP contribution in [0.3, 0.4) is 0 Å². The Balaban J connectivity index is 1.43. The molecule has 1 aliphatic rings. The highest BCUT2D eigenvalue weighted by Crippen LogP contribution is 2.21. The van der Waals surface area contributed by atoms with Crippen molar-refractivity contribution in [2.45, 2.75) is 32.8 Å². The number of hydrogen-bond acceptors (Lipinski definition) is 5. The average Bonchev–Trinajstić information content (AvgIpc) is 3.15. The molecule has 7 heteroatoms. The minimum atomic E-state index is -0.215. The van der Waals surface area contributed by atoms with Crippen molar-refractivity contribution in [2.75, 3.05) is 19.7 Å². The van der Waals surface area contributed by atoms with E-state index in [1.807, 2.05) is 32.0 Å². The van der Waals surface area contributed by atoms with Crippen LogP contribution < -0.4 is 4.74 Å². The molecule has 0 atom stereocenters. The third-order valence-corrected chi connectivity index (χ3v) is 4.21. The van der Waals surface area contributed by atoms with Gasteiger partial charge in [0.25, 0.3) is 0 Å². The first-order valence-corrected chi connectivity index (χ1v) is 8.66. The summed E-state index contributed by atoms with van der Waals surface area (Å²) in [5, 5.41) is 6.81. The van der Waals surface area contributed by atoms with Crippen molar-refractivity contribution in [1.82, 2.24) is 20.1 Å². The number of carbonyl (C=O) groups is 1. The highest BCUT2D eigenvalue weighted by molar-refractivity contribution is 5.67. The Labute approximate surface area is 147 Å². The minimum Gasteiger partial charge on any atom is -0.492 e. The zero-order chi connectivity index (χ0) is 17.6. The largest absolute Gasteiger partial charge is 0.492 e. The predicted molar refractivity (Wildman–Crippen MR) is 93.2 cm³/mol. The van der Waals surface area contributed by atoms with Crippen molar-refractivity contribution >= 4 is 6.09 Å². The van der Waals surface area contributed by atoms with Crippen molar-refractivity contribution < 1.29 is 14.3 Å². The van der Waals surface area contributed by atoms with Crippen molar-refractivity contribution in [3.63, 3.8) is 0 Å². The number of pyridine rings is 1. The summed E-state index contributed by atoms with van der Waals surface area (Å²) in [5.74, 6) is 1.19. The fraction of sp³-hybridized carbons (Fsp3) is 0.500. The van der Waals surface area contributed by atoms with E-state index in [1.165, 1.54) is 0 Å². The zero-order valence-corrected chi connectivity index (χ0v) is 14.6. The second-order valence-corrected chi connectivity index (χ2v) is 6.52. The molecule has 0 aromatic carbocycles. The van der Waals surface area contributed by atoms with Gasteiger partial charge in [-0.2, -0.15) is 5.10 Å². The van der Waals surface area contributed by atoms with E-state index in [0.29, 0.717) is 12.5 Å². The van der Waals surface area contributed by atoms with Crippen LogP contribution in [0.4, 0.5) is 4.79 Å². The molecule has 0 saturated carbocycles. The van der Waals surface area contributed by atoms with Crippen LogP contribution in [-0.2, 0) is 4.74 Å². The minimum absolute atomic E-state index is 0.0780. The summed E-state index contributed by atoms with van der Waals surface area (Å²) in [6, 6.07) is 5.70. The van der Waals surface area contributed by atoms with Crippen molar-refractivity contribution in [1.29, 1.82) is 0 Å². The molecular formula is C18H24N4O3. The third-order valence-electron chi connectivity index (χ3n) is 4.21. The molecule has 2 aromatic heterocycles. The standard InChI is InChI=1S/C18H24N4O3/c1-13(2)25-18(23)22-9-6-14(7-10-22)12-24-15-3-4-16(19-11-15)17-5-8-20-21-17/h3-5,8,11,13-14H,6-7,9-10,12H2,1-2H3,(H,20,21). The fourth-order valence-corrected chi connectivity index (χ4v) is 2.80. The number of nitrogens with one attached hydrogen (secondary N) is 1. The van der Waals surface area contributed by atoms with Gasteiger partial charge in [-0.05, 0) is 50.8 Å². The highest BCUT2D eigenvalue weighted by Gasteiger charge is 2.24. The smallest absolute Gasteiger partial charge is 0.410 e. The quantitative estimate of drug-likeness (QED) is 0.901. The second kappa shape index (κ2) is 8.00. The summed E-state index contributed by atoms with van der Waals surface area (Å²) in [7, 11) is 0. The molecule has 1 aliphatic heterocycles. The van der Waals surface area contributed by atoms with Gasteiger partial charge in [-0.15, -0.1) is 0 Å². The Morgan fingerprint density at radius 3 is 2.72 bits per heavy atom. The SMILES string of the molecule is CC(C)OC(=O)N1CCC(COc2ccc(-c3ccn[nH]3)nc2)CC1. The van der Waals surface area contributed by atoms with E-state index >= 15 is 0 Å². The molecule has 134 valence electrons. The average molecular weight is 344 g/mol. The molecule has 1 fully saturated rings. The maximum Gasteiger partial charge on any atom is 0.410 e. The monoisotopic (exact) mass is 344 g/mol. The van der Waals surface area contributed by atoms with Gasteiger partial charge >= 0.3 is 6.09 Å². The highest BCUT2D eigenvalue weighted by atomic mass is 16.6. The molecule has 0 aliphatic carbocycles. The van der Waals surface area contributed by atoms with Gasteiger partial charge in [0.15, 0.2) is 0 Å². The van der Waals surface area contributed by atoms with Crippen LogP contribution in [0.2, 0.25) is 0 Å². The van der Waals surface area contributed by atoms with E-state index in [0.717, 1.165) is 43.1 Å². The fourth-order valence-electron chi connectivity index (χ4n) is 2.80. The van der Waals surface area contributed by atoms with Crippen molar-refractivity contribution in [3.8, 4) is 17.1 Å². The second-order valence-electron chi connectivity index (χ2n) is 6.52. The maximum atomic E-state index is 11.9. The Hall–Kier alpha value is -2.57. The molecule has 0 bridgehead atoms. The first-order valence-electron chi connectivity index (χ1n) is 8.66. The molecule has 0 unspecified atom stereocenters. The van der Waals surface area contributed by atoms with Gasteiger partial charge in [-0.3, -0.25) is 10.1 Å². The van der Waals surface area contributed by atoms with Gasteiger partial charge < -0.3 is 14.4 Å². The first kappa shape index (κ1) is 17.3. The summed E-state index contributed by atoms with van der Waals surface area (Å²) in [6.07, 6.45) is 4.98. The number of aromatic nitrogens is 3. The van der Waals surface area contributed by atoms with E-state index in [9.17, 15) is 4.79 Å². The molecule has 2 aromatic rings. The molecule has 25 heavy (non-hydrogen) atoms. The number of hydrogen-bond donors (Lipinski definition) is 1. The van der Waals surface area contributed by atoms with E-state index < -0.39 is 0 Å². The summed E-state index contributed by atoms with van der Waals surface area (Å²) in [4.78, 5) is 18.0. The lowest BCUT2D eigenvalue weighted by atomic mass is 9.98. The number of H-pyrrole nitrogens is 1. The Kier molecular flexibility index (Phi) is 5.53. The van der Waals surface area contributed by atoms with Gasteiger partial charge in [-0.25, -0.2) is 4.79 Å². The van der Waals surface area contributed by atoms with Gasteiger partial charge in [0.1, 0.15) is 5.75 Å². The van der Waals surface area contributed by atoms with E-state index in [4.69, 9.17) is 9.47 Å². The molecule has 0 radical (unpaired) electrons. The van der Waals surface area contributed by atoms with E-state index in [1.54, 1.807) is 17.3 Å². The van der Waals surface area contributed by atoms with Gasteiger partial charge in [0, 0.05) is 19.3 Å². The van der Waals surface area contributed by atoms with Crippen LogP contribution in [0.15, 0.2) is 30.6 Å². The number of amides is 1. The lowest BCUT2D eigenvalue weighted by molar-refractivity contribution is 0.0608. The Morgan fingerprint density at radius 2 is 2.12 bits per heavy atom. The summed E-state index contributed by atoms with van der Waals surface area (Å²) < 4.78 is 11.1. The number of ether oxygens (including phenoxy) is 2. The third kappa shape index (κ3) is 4.71. The molecule has 1 amide bonds. The lowest BCUT2D eigenvalue weighted by Crippen LogP contribution is -2.40. The Morgan fingerprint density at radius 1 is 1.32 bits per heavy atom. The van der Waals surface area contributed by atoms with Gasteiger partial charge in [0.2, 0.25) is 0 Å². The van der Waals surface area contributed by atoms with Crippen LogP contribution in [0.25, 0.3) is 11.4 Å². The first-order chi connectivity index (χ1) is 12.1. The summed E-state index contributed by atoms with van der Waals surface area (Å²) >= 11 is 0. The summed E-state index contributed by atoms with van der Waals surface area (Å²) in [5.41, 5.74) is 1.72. The number of piperidine rings is 1. The van der Waals surface area contributed by atoms with Crippen LogP contribution >= 0.6 is 0 Å². The molecule has 1 N–H and O–H groups in total. The van der Waals surface area contributed by atoms with Gasteiger partial charge in [-0.1, -0.05) is 0 Å². The maximum absolute atomic E-state index is 11.9. The molecule has 1 saturated heterocycles. The molecule has 3 rings (SSSR count). The molecular weight excluding hydrogens is 320 g/mol. The number of carbonyl (C=O) groups excluding carboxylic acids is 1. The summed E-state index contributed by atoms with van der Waals surface area (Å²) in [6.45, 7) is 5.81. The van der Waals surface area contributed by atoms with Crippen LogP contribution in [0.1, 0.15) is 26.7 Å². The van der Waals surface area contributed by atoms with Gasteiger partial charge in [0.05, 0.1) is 30.3 Å². The number of nitrogens with zero attached hydrogens (tertiary/aromatic N) is 3. The van der Waals surface area contributed by atoms with Crippen LogP contribution in [0.5, 0.6) is 5.75 Å². The number of likely N-dealkylation sites (tertiary alicyclic amines) is 1. The van der Waals surface area contributed by atoms with Crippen LogP contribution in [0, 0.1) is 5.92 Å². The van der Waals surface area contributed by atoms with E-state index in [2.05, 4.69) is 15.2 Å². The lowest BCUT2D eigenvalue weighted by Gasteiger charge is -2.31. The zero-order valence-electron chi connectivity index (χ0n) is 14.6. The van der Waals surface area contributed by atoms with Crippen molar-refractivity contribution in [2.24, 2.45) is 5.92 Å². The number of aromatic amines is 1. The van der Waals surface area contributed by atoms with Crippen LogP contribution in [-0.4, -0.2) is 52.0 Å². The predicted octanol–water partition coefficient (Wildman–Crippen LogP) is 3.11. The number of rotatable bonds is 5. The molecule has 7 nitrogen and oxygen atoms in total. The van der Waals surface area contributed by atoms with Crippen molar-refractivity contribution in [3.05, 3.63) is 30.6 Å². The molecule has 0 spiro atoms. The topological polar surface area (TPSA) is 80.3 Å². The molecule has 3 heterocycles. The normalized spacial score (nSPS) is 15.4. The Bertz CT molecular complexity index is 662.